The molecule has 2 rings (SSSR count). The maximum atomic E-state index is 13.8. The summed E-state index contributed by atoms with van der Waals surface area (Å²) in [4.78, 5) is 0. The van der Waals surface area contributed by atoms with Gasteiger partial charge in [-0.1, -0.05) is 19.9 Å². The Hall–Kier alpha value is -1.49. The van der Waals surface area contributed by atoms with Crippen LogP contribution in [0.25, 0.3) is 11.4 Å². The third-order valence-electron chi connectivity index (χ3n) is 2.69. The first-order valence-electron chi connectivity index (χ1n) is 5.97. The number of hydrogen-bond acceptors (Lipinski definition) is 2. The monoisotopic (exact) mass is 285 g/mol. The van der Waals surface area contributed by atoms with Crippen molar-refractivity contribution in [3.8, 4) is 11.4 Å². The molecule has 0 atom stereocenters. The lowest BCUT2D eigenvalue weighted by Crippen LogP contribution is -2.10. The molecule has 102 valence electrons. The van der Waals surface area contributed by atoms with Gasteiger partial charge in [0.05, 0.1) is 11.4 Å². The Kier molecular flexibility index (Phi) is 4.14. The third kappa shape index (κ3) is 2.76. The van der Waals surface area contributed by atoms with Crippen molar-refractivity contribution in [2.24, 2.45) is 5.92 Å². The van der Waals surface area contributed by atoms with Gasteiger partial charge in [-0.25, -0.2) is 8.78 Å². The minimum atomic E-state index is -0.916. The lowest BCUT2D eigenvalue weighted by atomic mass is 10.1. The van der Waals surface area contributed by atoms with E-state index in [1.807, 2.05) is 13.8 Å². The molecule has 19 heavy (non-hydrogen) atoms. The second-order valence-corrected chi connectivity index (χ2v) is 4.95. The molecule has 0 aliphatic rings. The highest BCUT2D eigenvalue weighted by Crippen LogP contribution is 2.24. The summed E-state index contributed by atoms with van der Waals surface area (Å²) in [7, 11) is 0. The Balaban J connectivity index is 2.55. The Morgan fingerprint density at radius 2 is 2.00 bits per heavy atom. The van der Waals surface area contributed by atoms with E-state index in [1.54, 1.807) is 4.57 Å². The van der Waals surface area contributed by atoms with Gasteiger partial charge in [0.25, 0.3) is 0 Å². The van der Waals surface area contributed by atoms with E-state index < -0.39 is 11.6 Å². The lowest BCUT2D eigenvalue weighted by molar-refractivity contribution is 0.501. The summed E-state index contributed by atoms with van der Waals surface area (Å²) < 4.78 is 28.8. The summed E-state index contributed by atoms with van der Waals surface area (Å²) in [6.07, 6.45) is 0. The largest absolute Gasteiger partial charge is 0.310 e. The topological polar surface area (TPSA) is 30.7 Å². The second-order valence-electron chi connectivity index (χ2n) is 4.68. The summed E-state index contributed by atoms with van der Waals surface area (Å²) in [5.74, 6) is -0.467. The summed E-state index contributed by atoms with van der Waals surface area (Å²) in [5, 5.41) is 7.86. The fraction of sp³-hybridized carbons (Fsp3) is 0.385. The van der Waals surface area contributed by atoms with Gasteiger partial charge >= 0.3 is 0 Å². The zero-order chi connectivity index (χ0) is 14.0. The highest BCUT2D eigenvalue weighted by Gasteiger charge is 2.18. The molecule has 0 unspecified atom stereocenters. The number of hydrogen-bond donors (Lipinski definition) is 0. The molecule has 0 spiro atoms. The molecular weight excluding hydrogens is 272 g/mol. The van der Waals surface area contributed by atoms with Crippen LogP contribution in [0, 0.1) is 17.6 Å². The van der Waals surface area contributed by atoms with Crippen LogP contribution in [0.2, 0.25) is 0 Å². The average molecular weight is 286 g/mol. The van der Waals surface area contributed by atoms with E-state index in [9.17, 15) is 8.78 Å². The van der Waals surface area contributed by atoms with Gasteiger partial charge < -0.3 is 4.57 Å². The molecule has 0 amide bonds. The van der Waals surface area contributed by atoms with Crippen molar-refractivity contribution in [2.45, 2.75) is 26.3 Å². The van der Waals surface area contributed by atoms with Crippen LogP contribution in [0.1, 0.15) is 19.7 Å². The molecular formula is C13H14ClF2N3. The minimum absolute atomic E-state index is 0.101. The zero-order valence-corrected chi connectivity index (χ0v) is 11.5. The zero-order valence-electron chi connectivity index (χ0n) is 10.7. The first-order chi connectivity index (χ1) is 9.04. The lowest BCUT2D eigenvalue weighted by Gasteiger charge is -2.12. The Morgan fingerprint density at radius 3 is 2.63 bits per heavy atom. The highest BCUT2D eigenvalue weighted by atomic mass is 35.5. The van der Waals surface area contributed by atoms with Gasteiger partial charge in [-0.2, -0.15) is 0 Å². The first-order valence-corrected chi connectivity index (χ1v) is 6.50. The molecule has 0 saturated heterocycles. The van der Waals surface area contributed by atoms with E-state index in [1.165, 1.54) is 12.1 Å². The van der Waals surface area contributed by atoms with Gasteiger partial charge in [0.15, 0.2) is 17.5 Å². The third-order valence-corrected chi connectivity index (χ3v) is 2.93. The van der Waals surface area contributed by atoms with Crippen molar-refractivity contribution < 1.29 is 8.78 Å². The maximum Gasteiger partial charge on any atom is 0.169 e. The minimum Gasteiger partial charge on any atom is -0.310 e. The molecule has 2 aromatic rings. The average Bonchev–Trinajstić information content (AvgIpc) is 2.75. The Labute approximate surface area is 115 Å². The van der Waals surface area contributed by atoms with Crippen LogP contribution in [0.15, 0.2) is 18.2 Å². The van der Waals surface area contributed by atoms with Crippen molar-refractivity contribution in [2.75, 3.05) is 0 Å². The van der Waals surface area contributed by atoms with Crippen LogP contribution in [0.3, 0.4) is 0 Å². The van der Waals surface area contributed by atoms with Crippen LogP contribution in [-0.4, -0.2) is 14.8 Å². The maximum absolute atomic E-state index is 13.8. The standard InChI is InChI=1S/C13H14ClF2N3/c1-8(2)7-19-11(6-14)17-18-13(19)9-4-3-5-10(15)12(9)16/h3-5,8H,6-7H2,1-2H3. The van der Waals surface area contributed by atoms with E-state index in [-0.39, 0.29) is 11.4 Å². The number of benzene rings is 1. The molecule has 6 heteroatoms. The summed E-state index contributed by atoms with van der Waals surface area (Å²) in [6, 6.07) is 4.00. The molecule has 0 radical (unpaired) electrons. The highest BCUT2D eigenvalue weighted by molar-refractivity contribution is 6.16. The summed E-state index contributed by atoms with van der Waals surface area (Å²) in [5.41, 5.74) is 0.101. The van der Waals surface area contributed by atoms with Crippen LogP contribution >= 0.6 is 11.6 Å². The van der Waals surface area contributed by atoms with Crippen molar-refractivity contribution in [3.63, 3.8) is 0 Å². The van der Waals surface area contributed by atoms with Crippen molar-refractivity contribution >= 4 is 11.6 Å². The predicted molar refractivity (Wildman–Crippen MR) is 69.8 cm³/mol. The van der Waals surface area contributed by atoms with E-state index >= 15 is 0 Å². The number of rotatable bonds is 4. The molecule has 1 aromatic heterocycles. The van der Waals surface area contributed by atoms with Gasteiger partial charge in [0, 0.05) is 6.54 Å². The van der Waals surface area contributed by atoms with Crippen molar-refractivity contribution in [1.29, 1.82) is 0 Å². The fourth-order valence-corrected chi connectivity index (χ4v) is 2.06. The molecule has 1 aromatic carbocycles. The van der Waals surface area contributed by atoms with E-state index in [2.05, 4.69) is 10.2 Å². The van der Waals surface area contributed by atoms with Crippen molar-refractivity contribution in [3.05, 3.63) is 35.7 Å². The van der Waals surface area contributed by atoms with Crippen LogP contribution in [0.5, 0.6) is 0 Å². The fourth-order valence-electron chi connectivity index (χ4n) is 1.87. The predicted octanol–water partition coefficient (Wildman–Crippen LogP) is 3.62. The Morgan fingerprint density at radius 1 is 1.26 bits per heavy atom. The normalized spacial score (nSPS) is 11.3. The Bertz CT molecular complexity index is 581. The number of alkyl halides is 1. The second kappa shape index (κ2) is 5.65. The number of nitrogens with zero attached hydrogens (tertiary/aromatic N) is 3. The summed E-state index contributed by atoms with van der Waals surface area (Å²) in [6.45, 7) is 4.63. The van der Waals surface area contributed by atoms with Gasteiger partial charge in [-0.15, -0.1) is 21.8 Å². The van der Waals surface area contributed by atoms with Crippen LogP contribution in [0.4, 0.5) is 8.78 Å². The molecule has 0 bridgehead atoms. The van der Waals surface area contributed by atoms with Crippen LogP contribution < -0.4 is 0 Å². The quantitative estimate of drug-likeness (QED) is 0.803. The van der Waals surface area contributed by atoms with Gasteiger partial charge in [-0.05, 0) is 18.1 Å². The van der Waals surface area contributed by atoms with Gasteiger partial charge in [-0.3, -0.25) is 0 Å². The van der Waals surface area contributed by atoms with Crippen molar-refractivity contribution in [1.82, 2.24) is 14.8 Å². The molecule has 0 aliphatic heterocycles. The van der Waals surface area contributed by atoms with E-state index in [0.717, 1.165) is 6.07 Å². The molecule has 0 saturated carbocycles. The summed E-state index contributed by atoms with van der Waals surface area (Å²) >= 11 is 5.80. The smallest absolute Gasteiger partial charge is 0.169 e. The SMILES string of the molecule is CC(C)Cn1c(CCl)nnc1-c1cccc(F)c1F. The molecule has 3 nitrogen and oxygen atoms in total. The molecule has 0 N–H and O–H groups in total. The van der Waals surface area contributed by atoms with E-state index in [4.69, 9.17) is 11.6 Å². The van der Waals surface area contributed by atoms with Gasteiger partial charge in [0.2, 0.25) is 0 Å². The first kappa shape index (κ1) is 13.9. The molecule has 0 fully saturated rings. The molecule has 0 aliphatic carbocycles. The molecule has 1 heterocycles. The number of halogens is 3. The number of aromatic nitrogens is 3. The van der Waals surface area contributed by atoms with E-state index in [0.29, 0.717) is 24.1 Å². The van der Waals surface area contributed by atoms with Gasteiger partial charge in [0.1, 0.15) is 5.82 Å². The van der Waals surface area contributed by atoms with Crippen LogP contribution in [-0.2, 0) is 12.4 Å².